The predicted octanol–water partition coefficient (Wildman–Crippen LogP) is 3.24. The lowest BCUT2D eigenvalue weighted by atomic mass is 9.90. The van der Waals surface area contributed by atoms with Gasteiger partial charge >= 0.3 is 12.3 Å². The maximum absolute atomic E-state index is 11.8. The van der Waals surface area contributed by atoms with Crippen LogP contribution >= 0.6 is 0 Å². The van der Waals surface area contributed by atoms with Crippen LogP contribution < -0.4 is 5.32 Å². The Kier molecular flexibility index (Phi) is 5.61. The zero-order valence-corrected chi connectivity index (χ0v) is 9.78. The maximum Gasteiger partial charge on any atom is 0.422 e. The van der Waals surface area contributed by atoms with Crippen LogP contribution in [0.15, 0.2) is 0 Å². The molecule has 0 radical (unpaired) electrons. The Balaban J connectivity index is 4.21. The van der Waals surface area contributed by atoms with Gasteiger partial charge in [-0.1, -0.05) is 20.8 Å². The third-order valence-electron chi connectivity index (χ3n) is 2.76. The molecular weight excluding hydrogens is 223 g/mol. The fourth-order valence-corrected chi connectivity index (χ4v) is 1.42. The Hall–Kier alpha value is -0.940. The molecule has 0 aliphatic heterocycles. The van der Waals surface area contributed by atoms with Gasteiger partial charge in [0.2, 0.25) is 0 Å². The molecule has 96 valence electrons. The van der Waals surface area contributed by atoms with Gasteiger partial charge in [-0.25, -0.2) is 4.79 Å². The topological polar surface area (TPSA) is 38.3 Å². The molecule has 0 heterocycles. The first-order valence-electron chi connectivity index (χ1n) is 5.30. The van der Waals surface area contributed by atoms with Crippen molar-refractivity contribution in [2.45, 2.75) is 51.7 Å². The SMILES string of the molecule is CCC(CC)(CC)NC(=O)OCC(F)(F)F. The van der Waals surface area contributed by atoms with E-state index in [4.69, 9.17) is 0 Å². The summed E-state index contributed by atoms with van der Waals surface area (Å²) >= 11 is 0. The second-order valence-corrected chi connectivity index (χ2v) is 3.66. The Morgan fingerprint density at radius 2 is 1.56 bits per heavy atom. The van der Waals surface area contributed by atoms with Gasteiger partial charge in [0.25, 0.3) is 0 Å². The number of ether oxygens (including phenoxy) is 1. The highest BCUT2D eigenvalue weighted by Gasteiger charge is 2.32. The molecule has 1 amide bonds. The molecular formula is C10H18F3NO2. The van der Waals surface area contributed by atoms with Crippen LogP contribution in [0.4, 0.5) is 18.0 Å². The van der Waals surface area contributed by atoms with Gasteiger partial charge in [0.1, 0.15) is 0 Å². The van der Waals surface area contributed by atoms with E-state index in [-0.39, 0.29) is 0 Å². The number of carbonyl (C=O) groups is 1. The highest BCUT2D eigenvalue weighted by molar-refractivity contribution is 5.68. The van der Waals surface area contributed by atoms with Crippen molar-refractivity contribution in [3.05, 3.63) is 0 Å². The number of halogens is 3. The lowest BCUT2D eigenvalue weighted by Gasteiger charge is -2.31. The fraction of sp³-hybridized carbons (Fsp3) is 0.900. The summed E-state index contributed by atoms with van der Waals surface area (Å²) in [5, 5.41) is 2.49. The van der Waals surface area contributed by atoms with Gasteiger partial charge < -0.3 is 10.1 Å². The summed E-state index contributed by atoms with van der Waals surface area (Å²) in [6, 6.07) is 0. The summed E-state index contributed by atoms with van der Waals surface area (Å²) in [4.78, 5) is 11.1. The first kappa shape index (κ1) is 15.1. The predicted molar refractivity (Wildman–Crippen MR) is 54.1 cm³/mol. The molecule has 0 aromatic carbocycles. The van der Waals surface area contributed by atoms with E-state index in [0.29, 0.717) is 19.3 Å². The second kappa shape index (κ2) is 5.96. The number of nitrogens with one attached hydrogen (secondary N) is 1. The smallest absolute Gasteiger partial charge is 0.422 e. The molecule has 0 unspecified atom stereocenters. The van der Waals surface area contributed by atoms with Crippen LogP contribution in [0.3, 0.4) is 0 Å². The highest BCUT2D eigenvalue weighted by Crippen LogP contribution is 2.20. The molecule has 0 aromatic rings. The molecule has 0 aliphatic carbocycles. The van der Waals surface area contributed by atoms with Crippen molar-refractivity contribution >= 4 is 6.09 Å². The fourth-order valence-electron chi connectivity index (χ4n) is 1.42. The molecule has 0 bridgehead atoms. The molecule has 0 saturated heterocycles. The molecule has 0 aliphatic rings. The van der Waals surface area contributed by atoms with Gasteiger partial charge in [-0.3, -0.25) is 0 Å². The van der Waals surface area contributed by atoms with Crippen molar-refractivity contribution in [1.82, 2.24) is 5.32 Å². The van der Waals surface area contributed by atoms with Gasteiger partial charge in [0.15, 0.2) is 6.61 Å². The third kappa shape index (κ3) is 5.23. The summed E-state index contributed by atoms with van der Waals surface area (Å²) in [6.07, 6.45) is -3.53. The van der Waals surface area contributed by atoms with Gasteiger partial charge in [-0.15, -0.1) is 0 Å². The zero-order chi connectivity index (χ0) is 12.8. The van der Waals surface area contributed by atoms with Crippen molar-refractivity contribution in [3.63, 3.8) is 0 Å². The van der Waals surface area contributed by atoms with E-state index in [1.165, 1.54) is 0 Å². The highest BCUT2D eigenvalue weighted by atomic mass is 19.4. The van der Waals surface area contributed by atoms with Crippen LogP contribution in [-0.2, 0) is 4.74 Å². The van der Waals surface area contributed by atoms with E-state index in [9.17, 15) is 18.0 Å². The molecule has 6 heteroatoms. The van der Waals surface area contributed by atoms with E-state index in [1.54, 1.807) is 0 Å². The molecule has 0 rings (SSSR count). The molecule has 0 saturated carbocycles. The number of carbonyl (C=O) groups excluding carboxylic acids is 1. The Labute approximate surface area is 93.3 Å². The molecule has 0 atom stereocenters. The first-order valence-corrected chi connectivity index (χ1v) is 5.30. The number of rotatable bonds is 5. The van der Waals surface area contributed by atoms with Crippen LogP contribution in [-0.4, -0.2) is 24.4 Å². The molecule has 3 nitrogen and oxygen atoms in total. The summed E-state index contributed by atoms with van der Waals surface area (Å²) < 4.78 is 39.5. The van der Waals surface area contributed by atoms with E-state index in [1.807, 2.05) is 20.8 Å². The quantitative estimate of drug-likeness (QED) is 0.802. The number of amides is 1. The average molecular weight is 241 g/mol. The van der Waals surface area contributed by atoms with Crippen molar-refractivity contribution in [1.29, 1.82) is 0 Å². The van der Waals surface area contributed by atoms with Crippen molar-refractivity contribution in [3.8, 4) is 0 Å². The molecule has 16 heavy (non-hydrogen) atoms. The van der Waals surface area contributed by atoms with Crippen LogP contribution in [0.2, 0.25) is 0 Å². The number of alkyl carbamates (subject to hydrolysis) is 1. The van der Waals surface area contributed by atoms with Gasteiger partial charge in [-0.05, 0) is 19.3 Å². The molecule has 1 N–H and O–H groups in total. The minimum absolute atomic E-state index is 0.470. The minimum Gasteiger partial charge on any atom is -0.440 e. The van der Waals surface area contributed by atoms with Crippen molar-refractivity contribution in [2.24, 2.45) is 0 Å². The Morgan fingerprint density at radius 3 is 1.88 bits per heavy atom. The normalized spacial score (nSPS) is 12.4. The standard InChI is InChI=1S/C10H18F3NO2/c1-4-9(5-2,6-3)14-8(15)16-7-10(11,12)13/h4-7H2,1-3H3,(H,14,15). The largest absolute Gasteiger partial charge is 0.440 e. The maximum atomic E-state index is 11.8. The van der Waals surface area contributed by atoms with Crippen molar-refractivity contribution in [2.75, 3.05) is 6.61 Å². The zero-order valence-electron chi connectivity index (χ0n) is 9.78. The number of hydrogen-bond acceptors (Lipinski definition) is 2. The lowest BCUT2D eigenvalue weighted by Crippen LogP contribution is -2.47. The Bertz CT molecular complexity index is 216. The van der Waals surface area contributed by atoms with Crippen LogP contribution in [0, 0.1) is 0 Å². The van der Waals surface area contributed by atoms with E-state index >= 15 is 0 Å². The number of hydrogen-bond donors (Lipinski definition) is 1. The van der Waals surface area contributed by atoms with Crippen molar-refractivity contribution < 1.29 is 22.7 Å². The van der Waals surface area contributed by atoms with Crippen LogP contribution in [0.5, 0.6) is 0 Å². The van der Waals surface area contributed by atoms with Gasteiger partial charge in [0.05, 0.1) is 0 Å². The second-order valence-electron chi connectivity index (χ2n) is 3.66. The van der Waals surface area contributed by atoms with Crippen LogP contribution in [0.25, 0.3) is 0 Å². The third-order valence-corrected chi connectivity index (χ3v) is 2.76. The van der Waals surface area contributed by atoms with E-state index < -0.39 is 24.4 Å². The van der Waals surface area contributed by atoms with E-state index in [2.05, 4.69) is 10.1 Å². The van der Waals surface area contributed by atoms with Gasteiger partial charge in [-0.2, -0.15) is 13.2 Å². The molecule has 0 fully saturated rings. The molecule has 0 aromatic heterocycles. The summed E-state index contributed by atoms with van der Waals surface area (Å²) in [5.74, 6) is 0. The van der Waals surface area contributed by atoms with E-state index in [0.717, 1.165) is 0 Å². The lowest BCUT2D eigenvalue weighted by molar-refractivity contribution is -0.160. The summed E-state index contributed by atoms with van der Waals surface area (Å²) in [5.41, 5.74) is -0.470. The van der Waals surface area contributed by atoms with Crippen LogP contribution in [0.1, 0.15) is 40.0 Å². The summed E-state index contributed by atoms with van der Waals surface area (Å²) in [6.45, 7) is 4.07. The number of alkyl halides is 3. The molecule has 0 spiro atoms. The Morgan fingerprint density at radius 1 is 1.12 bits per heavy atom. The first-order chi connectivity index (χ1) is 7.28. The van der Waals surface area contributed by atoms with Gasteiger partial charge in [0, 0.05) is 5.54 Å². The summed E-state index contributed by atoms with van der Waals surface area (Å²) in [7, 11) is 0. The monoisotopic (exact) mass is 241 g/mol. The average Bonchev–Trinajstić information content (AvgIpc) is 2.22. The minimum atomic E-state index is -4.48.